The topological polar surface area (TPSA) is 91.2 Å². The van der Waals surface area contributed by atoms with E-state index in [1.165, 1.54) is 42.8 Å². The van der Waals surface area contributed by atoms with Crippen LogP contribution >= 0.6 is 11.6 Å². The third kappa shape index (κ3) is 5.26. The van der Waals surface area contributed by atoms with Crippen molar-refractivity contribution in [1.82, 2.24) is 14.5 Å². The number of ether oxygens (including phenoxy) is 1. The lowest BCUT2D eigenvalue weighted by molar-refractivity contribution is 0.407. The summed E-state index contributed by atoms with van der Waals surface area (Å²) in [4.78, 5) is 19.9. The minimum Gasteiger partial charge on any atom is -0.420 e. The van der Waals surface area contributed by atoms with Crippen molar-refractivity contribution in [2.75, 3.05) is 0 Å². The Kier molecular flexibility index (Phi) is 6.42. The highest BCUT2D eigenvalue weighted by molar-refractivity contribution is 7.91. The SMILES string of the molecule is CC(C)S(=O)(=O)Cc1cc(-c2ccc(=O)n(C)c2)nc(Oc2c(F)cc(F)cc2Cl)n1. The maximum atomic E-state index is 14.2. The molecule has 164 valence electrons. The van der Waals surface area contributed by atoms with E-state index in [2.05, 4.69) is 9.97 Å². The van der Waals surface area contributed by atoms with Gasteiger partial charge in [-0.15, -0.1) is 0 Å². The minimum atomic E-state index is -3.53. The monoisotopic (exact) mass is 469 g/mol. The third-order valence-corrected chi connectivity index (χ3v) is 6.78. The maximum absolute atomic E-state index is 14.2. The summed E-state index contributed by atoms with van der Waals surface area (Å²) < 4.78 is 58.9. The summed E-state index contributed by atoms with van der Waals surface area (Å²) in [5.41, 5.74) is 0.565. The fourth-order valence-corrected chi connectivity index (χ4v) is 3.70. The van der Waals surface area contributed by atoms with Gasteiger partial charge < -0.3 is 9.30 Å². The van der Waals surface area contributed by atoms with Gasteiger partial charge in [-0.25, -0.2) is 17.2 Å². The lowest BCUT2D eigenvalue weighted by Crippen LogP contribution is -2.17. The average Bonchev–Trinajstić information content (AvgIpc) is 2.66. The van der Waals surface area contributed by atoms with Crippen molar-refractivity contribution >= 4 is 21.4 Å². The smallest absolute Gasteiger partial charge is 0.322 e. The molecular weight excluding hydrogens is 452 g/mol. The molecule has 0 saturated carbocycles. The molecule has 0 aliphatic heterocycles. The van der Waals surface area contributed by atoms with E-state index in [0.29, 0.717) is 11.6 Å². The highest BCUT2D eigenvalue weighted by Crippen LogP contribution is 2.32. The van der Waals surface area contributed by atoms with Gasteiger partial charge in [-0.1, -0.05) is 11.6 Å². The Balaban J connectivity index is 2.13. The van der Waals surface area contributed by atoms with Crippen LogP contribution in [-0.2, 0) is 22.6 Å². The van der Waals surface area contributed by atoms with Crippen LogP contribution in [0.25, 0.3) is 11.3 Å². The predicted octanol–water partition coefficient (Wildman–Crippen LogP) is 3.89. The molecule has 0 amide bonds. The molecule has 2 heterocycles. The van der Waals surface area contributed by atoms with E-state index < -0.39 is 38.2 Å². The summed E-state index contributed by atoms with van der Waals surface area (Å²) in [5, 5.41) is -0.998. The minimum absolute atomic E-state index is 0.0983. The molecule has 0 saturated heterocycles. The molecule has 7 nitrogen and oxygen atoms in total. The van der Waals surface area contributed by atoms with Crippen LogP contribution in [0.1, 0.15) is 19.5 Å². The Bertz CT molecular complexity index is 1290. The van der Waals surface area contributed by atoms with Gasteiger partial charge >= 0.3 is 6.01 Å². The standard InChI is InChI=1S/C20H18ClF2N3O4S/c1-11(2)31(28,29)10-14-8-17(12-4-5-18(27)26(3)9-12)25-20(24-14)30-19-15(21)6-13(22)7-16(19)23/h4-9,11H,10H2,1-3H3. The molecule has 0 radical (unpaired) electrons. The molecule has 0 bridgehead atoms. The summed E-state index contributed by atoms with van der Waals surface area (Å²) in [5.74, 6) is -2.88. The molecule has 2 aromatic heterocycles. The summed E-state index contributed by atoms with van der Waals surface area (Å²) in [6, 6.07) is 5.32. The number of hydrogen-bond acceptors (Lipinski definition) is 6. The normalized spacial score (nSPS) is 11.7. The first-order valence-corrected chi connectivity index (χ1v) is 11.1. The molecule has 31 heavy (non-hydrogen) atoms. The van der Waals surface area contributed by atoms with Crippen LogP contribution in [-0.4, -0.2) is 28.2 Å². The van der Waals surface area contributed by atoms with Crippen molar-refractivity contribution in [2.24, 2.45) is 7.05 Å². The van der Waals surface area contributed by atoms with E-state index in [1.807, 2.05) is 0 Å². The van der Waals surface area contributed by atoms with Gasteiger partial charge in [0.2, 0.25) is 5.56 Å². The first-order chi connectivity index (χ1) is 14.5. The van der Waals surface area contributed by atoms with E-state index in [-0.39, 0.29) is 28.0 Å². The third-order valence-electron chi connectivity index (χ3n) is 4.36. The van der Waals surface area contributed by atoms with Gasteiger partial charge in [0, 0.05) is 30.9 Å². The zero-order valence-corrected chi connectivity index (χ0v) is 18.3. The van der Waals surface area contributed by atoms with E-state index in [0.717, 1.165) is 6.07 Å². The van der Waals surface area contributed by atoms with Gasteiger partial charge in [0.15, 0.2) is 21.4 Å². The molecule has 0 spiro atoms. The van der Waals surface area contributed by atoms with Gasteiger partial charge in [-0.05, 0) is 32.0 Å². The van der Waals surface area contributed by atoms with Crippen LogP contribution in [0, 0.1) is 11.6 Å². The van der Waals surface area contributed by atoms with Gasteiger partial charge in [0.05, 0.1) is 27.4 Å². The van der Waals surface area contributed by atoms with Crippen LogP contribution in [0.4, 0.5) is 8.78 Å². The number of hydrogen-bond donors (Lipinski definition) is 0. The maximum Gasteiger partial charge on any atom is 0.322 e. The van der Waals surface area contributed by atoms with Gasteiger partial charge in [-0.2, -0.15) is 9.97 Å². The van der Waals surface area contributed by atoms with Crippen LogP contribution < -0.4 is 10.3 Å². The van der Waals surface area contributed by atoms with Gasteiger partial charge in [0.1, 0.15) is 5.82 Å². The Morgan fingerprint density at radius 3 is 2.48 bits per heavy atom. The quantitative estimate of drug-likeness (QED) is 0.544. The number of pyridine rings is 1. The fraction of sp³-hybridized carbons (Fsp3) is 0.250. The van der Waals surface area contributed by atoms with Crippen molar-refractivity contribution in [2.45, 2.75) is 24.9 Å². The second kappa shape index (κ2) is 8.72. The number of sulfone groups is 1. The summed E-state index contributed by atoms with van der Waals surface area (Å²) in [6.07, 6.45) is 1.50. The van der Waals surface area contributed by atoms with Crippen LogP contribution in [0.15, 0.2) is 41.3 Å². The first-order valence-electron chi connectivity index (χ1n) is 9.05. The van der Waals surface area contributed by atoms with Crippen molar-refractivity contribution in [3.05, 3.63) is 69.2 Å². The predicted molar refractivity (Wildman–Crippen MR) is 112 cm³/mol. The highest BCUT2D eigenvalue weighted by Gasteiger charge is 2.21. The first kappa shape index (κ1) is 22.8. The van der Waals surface area contributed by atoms with Crippen LogP contribution in [0.2, 0.25) is 5.02 Å². The molecule has 0 aliphatic rings. The largest absolute Gasteiger partial charge is 0.420 e. The lowest BCUT2D eigenvalue weighted by Gasteiger charge is -2.12. The molecule has 1 aromatic carbocycles. The van der Waals surface area contributed by atoms with Crippen molar-refractivity contribution in [3.8, 4) is 23.0 Å². The summed E-state index contributed by atoms with van der Waals surface area (Å²) in [7, 11) is -1.98. The van der Waals surface area contributed by atoms with Crippen LogP contribution in [0.3, 0.4) is 0 Å². The van der Waals surface area contributed by atoms with Gasteiger partial charge in [0.25, 0.3) is 0 Å². The molecule has 0 atom stereocenters. The van der Waals surface area contributed by atoms with Crippen molar-refractivity contribution in [3.63, 3.8) is 0 Å². The molecular formula is C20H18ClF2N3O4S. The Hall–Kier alpha value is -2.85. The molecule has 0 unspecified atom stereocenters. The van der Waals surface area contributed by atoms with E-state index in [1.54, 1.807) is 7.05 Å². The molecule has 3 aromatic rings. The van der Waals surface area contributed by atoms with Gasteiger partial charge in [-0.3, -0.25) is 4.79 Å². The lowest BCUT2D eigenvalue weighted by atomic mass is 10.2. The fourth-order valence-electron chi connectivity index (χ4n) is 2.58. The van der Waals surface area contributed by atoms with Crippen molar-refractivity contribution in [1.29, 1.82) is 0 Å². The molecule has 0 aliphatic carbocycles. The van der Waals surface area contributed by atoms with Crippen LogP contribution in [0.5, 0.6) is 11.8 Å². The van der Waals surface area contributed by atoms with E-state index in [9.17, 15) is 22.0 Å². The molecule has 0 N–H and O–H groups in total. The second-order valence-electron chi connectivity index (χ2n) is 7.05. The Labute approximate surface area is 182 Å². The number of nitrogens with zero attached hydrogens (tertiary/aromatic N) is 3. The molecule has 3 rings (SSSR count). The second-order valence-corrected chi connectivity index (χ2v) is 10.0. The van der Waals surface area contributed by atoms with E-state index in [4.69, 9.17) is 16.3 Å². The molecule has 11 heteroatoms. The number of halogens is 3. The summed E-state index contributed by atoms with van der Waals surface area (Å²) >= 11 is 5.87. The number of aromatic nitrogens is 3. The zero-order chi connectivity index (χ0) is 22.9. The zero-order valence-electron chi connectivity index (χ0n) is 16.8. The summed E-state index contributed by atoms with van der Waals surface area (Å²) in [6.45, 7) is 3.07. The number of benzene rings is 1. The number of rotatable bonds is 6. The van der Waals surface area contributed by atoms with E-state index >= 15 is 0 Å². The van der Waals surface area contributed by atoms with Crippen molar-refractivity contribution < 1.29 is 21.9 Å². The Morgan fingerprint density at radius 1 is 1.16 bits per heavy atom. The highest BCUT2D eigenvalue weighted by atomic mass is 35.5. The Morgan fingerprint density at radius 2 is 1.87 bits per heavy atom. The molecule has 0 fully saturated rings. The average molecular weight is 470 g/mol. The number of aryl methyl sites for hydroxylation is 1.